The lowest BCUT2D eigenvalue weighted by atomic mass is 10.2. The molecule has 8 heteroatoms. The van der Waals surface area contributed by atoms with Gasteiger partial charge in [0.25, 0.3) is 5.56 Å². The van der Waals surface area contributed by atoms with E-state index in [1.54, 1.807) is 12.3 Å². The molecule has 0 atom stereocenters. The molecule has 0 aliphatic rings. The SMILES string of the molecule is CCCc1nc2ccc(Br)cc2c(=O)n1N=Cc1ccc(OCc2ccc(Cl)cc2)c(I)c1. The molecule has 0 saturated heterocycles. The van der Waals surface area contributed by atoms with Crippen LogP contribution in [0.1, 0.15) is 30.3 Å². The van der Waals surface area contributed by atoms with Gasteiger partial charge in [-0.2, -0.15) is 9.78 Å². The summed E-state index contributed by atoms with van der Waals surface area (Å²) < 4.78 is 9.13. The zero-order chi connectivity index (χ0) is 23.4. The second-order valence-electron chi connectivity index (χ2n) is 7.41. The molecular weight excluding hydrogens is 617 g/mol. The van der Waals surface area contributed by atoms with Crippen molar-refractivity contribution in [2.45, 2.75) is 26.4 Å². The Hall–Kier alpha value is -2.23. The number of halogens is 3. The Morgan fingerprint density at radius 3 is 2.67 bits per heavy atom. The second-order valence-corrected chi connectivity index (χ2v) is 9.92. The minimum absolute atomic E-state index is 0.182. The van der Waals surface area contributed by atoms with Gasteiger partial charge in [0.2, 0.25) is 0 Å². The third kappa shape index (κ3) is 5.83. The van der Waals surface area contributed by atoms with Crippen LogP contribution in [0.4, 0.5) is 0 Å². The first-order valence-electron chi connectivity index (χ1n) is 10.4. The van der Waals surface area contributed by atoms with E-state index in [2.05, 4.69) is 55.5 Å². The summed E-state index contributed by atoms with van der Waals surface area (Å²) in [4.78, 5) is 17.8. The fourth-order valence-corrected chi connectivity index (χ4v) is 4.46. The van der Waals surface area contributed by atoms with Gasteiger partial charge < -0.3 is 4.74 Å². The Bertz CT molecular complexity index is 1390. The van der Waals surface area contributed by atoms with Crippen molar-refractivity contribution in [2.24, 2.45) is 5.10 Å². The monoisotopic (exact) mass is 635 g/mol. The van der Waals surface area contributed by atoms with Crippen LogP contribution < -0.4 is 10.3 Å². The number of ether oxygens (including phenoxy) is 1. The Kier molecular flexibility index (Phi) is 7.82. The number of benzene rings is 3. The highest BCUT2D eigenvalue weighted by atomic mass is 127. The van der Waals surface area contributed by atoms with E-state index in [0.29, 0.717) is 34.8 Å². The predicted molar refractivity (Wildman–Crippen MR) is 146 cm³/mol. The van der Waals surface area contributed by atoms with Crippen LogP contribution in [0.5, 0.6) is 5.75 Å². The van der Waals surface area contributed by atoms with Crippen molar-refractivity contribution in [1.29, 1.82) is 0 Å². The molecule has 33 heavy (non-hydrogen) atoms. The van der Waals surface area contributed by atoms with Crippen LogP contribution in [-0.2, 0) is 13.0 Å². The lowest BCUT2D eigenvalue weighted by Crippen LogP contribution is -2.22. The smallest absolute Gasteiger partial charge is 0.282 e. The van der Waals surface area contributed by atoms with Crippen molar-refractivity contribution in [3.63, 3.8) is 0 Å². The molecule has 168 valence electrons. The first kappa shape index (κ1) is 23.9. The topological polar surface area (TPSA) is 56.5 Å². The third-order valence-corrected chi connectivity index (χ3v) is 6.52. The van der Waals surface area contributed by atoms with E-state index in [4.69, 9.17) is 16.3 Å². The molecule has 0 amide bonds. The van der Waals surface area contributed by atoms with E-state index >= 15 is 0 Å². The number of aromatic nitrogens is 2. The van der Waals surface area contributed by atoms with E-state index < -0.39 is 0 Å². The number of hydrogen-bond donors (Lipinski definition) is 0. The molecule has 0 fully saturated rings. The molecule has 5 nitrogen and oxygen atoms in total. The molecule has 0 saturated carbocycles. The molecule has 3 aromatic carbocycles. The Labute approximate surface area is 218 Å². The highest BCUT2D eigenvalue weighted by Gasteiger charge is 2.11. The molecule has 0 radical (unpaired) electrons. The molecule has 1 heterocycles. The minimum Gasteiger partial charge on any atom is -0.488 e. The van der Waals surface area contributed by atoms with Gasteiger partial charge in [-0.1, -0.05) is 46.6 Å². The molecule has 0 unspecified atom stereocenters. The summed E-state index contributed by atoms with van der Waals surface area (Å²) >= 11 is 11.6. The largest absolute Gasteiger partial charge is 0.488 e. The summed E-state index contributed by atoms with van der Waals surface area (Å²) in [6.07, 6.45) is 3.20. The maximum atomic E-state index is 13.1. The zero-order valence-corrected chi connectivity index (χ0v) is 22.3. The van der Waals surface area contributed by atoms with E-state index in [9.17, 15) is 4.79 Å². The minimum atomic E-state index is -0.182. The fourth-order valence-electron chi connectivity index (χ4n) is 3.28. The van der Waals surface area contributed by atoms with Crippen LogP contribution >= 0.6 is 50.1 Å². The maximum Gasteiger partial charge on any atom is 0.282 e. The Balaban J connectivity index is 1.59. The number of rotatable bonds is 7. The number of aryl methyl sites for hydroxylation is 1. The number of hydrogen-bond acceptors (Lipinski definition) is 4. The van der Waals surface area contributed by atoms with E-state index in [1.165, 1.54) is 4.68 Å². The highest BCUT2D eigenvalue weighted by Crippen LogP contribution is 2.23. The first-order chi connectivity index (χ1) is 15.9. The van der Waals surface area contributed by atoms with Crippen LogP contribution in [-0.4, -0.2) is 15.9 Å². The van der Waals surface area contributed by atoms with Crippen molar-refractivity contribution in [2.75, 3.05) is 0 Å². The normalized spacial score (nSPS) is 11.4. The summed E-state index contributed by atoms with van der Waals surface area (Å²) in [5.41, 5.74) is 2.40. The van der Waals surface area contributed by atoms with Gasteiger partial charge in [0.15, 0.2) is 0 Å². The van der Waals surface area contributed by atoms with Crippen molar-refractivity contribution in [3.8, 4) is 5.75 Å². The molecule has 0 aliphatic carbocycles. The number of nitrogens with zero attached hydrogens (tertiary/aromatic N) is 3. The molecular formula is C25H20BrClIN3O2. The summed E-state index contributed by atoms with van der Waals surface area (Å²) in [5.74, 6) is 1.43. The molecule has 0 N–H and O–H groups in total. The van der Waals surface area contributed by atoms with Crippen molar-refractivity contribution in [1.82, 2.24) is 9.66 Å². The van der Waals surface area contributed by atoms with Crippen LogP contribution in [0.25, 0.3) is 10.9 Å². The van der Waals surface area contributed by atoms with Gasteiger partial charge in [0.05, 0.1) is 20.7 Å². The van der Waals surface area contributed by atoms with E-state index in [-0.39, 0.29) is 5.56 Å². The quantitative estimate of drug-likeness (QED) is 0.165. The van der Waals surface area contributed by atoms with Gasteiger partial charge in [-0.25, -0.2) is 4.98 Å². The molecule has 0 bridgehead atoms. The van der Waals surface area contributed by atoms with Gasteiger partial charge >= 0.3 is 0 Å². The Morgan fingerprint density at radius 1 is 1.15 bits per heavy atom. The lowest BCUT2D eigenvalue weighted by Gasteiger charge is -2.10. The van der Waals surface area contributed by atoms with E-state index in [0.717, 1.165) is 31.3 Å². The molecule has 1 aromatic heterocycles. The molecule has 0 aliphatic heterocycles. The maximum absolute atomic E-state index is 13.1. The fraction of sp³-hybridized carbons (Fsp3) is 0.160. The van der Waals surface area contributed by atoms with Crippen molar-refractivity contribution in [3.05, 3.63) is 101 Å². The summed E-state index contributed by atoms with van der Waals surface area (Å²) in [7, 11) is 0. The molecule has 4 rings (SSSR count). The summed E-state index contributed by atoms with van der Waals surface area (Å²) in [5, 5.41) is 5.72. The van der Waals surface area contributed by atoms with Gasteiger partial charge in [-0.15, -0.1) is 0 Å². The van der Waals surface area contributed by atoms with E-state index in [1.807, 2.05) is 54.6 Å². The van der Waals surface area contributed by atoms with Crippen LogP contribution in [0.15, 0.2) is 75.0 Å². The Morgan fingerprint density at radius 2 is 1.94 bits per heavy atom. The summed E-state index contributed by atoms with van der Waals surface area (Å²) in [6, 6.07) is 18.9. The predicted octanol–water partition coefficient (Wildman–Crippen LogP) is 6.83. The summed E-state index contributed by atoms with van der Waals surface area (Å²) in [6.45, 7) is 2.51. The van der Waals surface area contributed by atoms with Gasteiger partial charge in [-0.05, 0) is 88.7 Å². The van der Waals surface area contributed by atoms with Gasteiger partial charge in [0, 0.05) is 15.9 Å². The van der Waals surface area contributed by atoms with Crippen molar-refractivity contribution >= 4 is 67.2 Å². The molecule has 4 aromatic rings. The first-order valence-corrected chi connectivity index (χ1v) is 12.6. The van der Waals surface area contributed by atoms with Gasteiger partial charge in [-0.3, -0.25) is 4.79 Å². The van der Waals surface area contributed by atoms with Crippen LogP contribution in [0, 0.1) is 3.57 Å². The average Bonchev–Trinajstić information content (AvgIpc) is 2.80. The molecule has 0 spiro atoms. The third-order valence-electron chi connectivity index (χ3n) is 4.93. The highest BCUT2D eigenvalue weighted by molar-refractivity contribution is 14.1. The van der Waals surface area contributed by atoms with Crippen molar-refractivity contribution < 1.29 is 4.74 Å². The van der Waals surface area contributed by atoms with Crippen LogP contribution in [0.2, 0.25) is 5.02 Å². The van der Waals surface area contributed by atoms with Gasteiger partial charge in [0.1, 0.15) is 18.2 Å². The second kappa shape index (κ2) is 10.8. The average molecular weight is 637 g/mol. The lowest BCUT2D eigenvalue weighted by molar-refractivity contribution is 0.304. The number of fused-ring (bicyclic) bond motifs is 1. The van der Waals surface area contributed by atoms with Crippen LogP contribution in [0.3, 0.4) is 0 Å². The standard InChI is InChI=1S/C25H20BrClIN3O2/c1-2-3-24-30-22-10-7-18(26)13-20(22)25(32)31(24)29-14-17-6-11-23(21(28)12-17)33-15-16-4-8-19(27)9-5-16/h4-14H,2-3,15H2,1H3. The zero-order valence-electron chi connectivity index (χ0n) is 17.8.